The fourth-order valence-corrected chi connectivity index (χ4v) is 4.49. The number of nitrogen functional groups attached to an aromatic ring is 1. The van der Waals surface area contributed by atoms with E-state index in [2.05, 4.69) is 37.0 Å². The zero-order valence-electron chi connectivity index (χ0n) is 17.1. The molecule has 6 nitrogen and oxygen atoms in total. The van der Waals surface area contributed by atoms with Gasteiger partial charge in [0.1, 0.15) is 0 Å². The first kappa shape index (κ1) is 19.8. The lowest BCUT2D eigenvalue weighted by atomic mass is 9.89. The van der Waals surface area contributed by atoms with E-state index in [1.165, 1.54) is 5.56 Å². The molecule has 0 aliphatic carbocycles. The van der Waals surface area contributed by atoms with Gasteiger partial charge in [0.15, 0.2) is 0 Å². The Morgan fingerprint density at radius 2 is 1.81 bits per heavy atom. The summed E-state index contributed by atoms with van der Waals surface area (Å²) in [6.07, 6.45) is 7.49. The van der Waals surface area contributed by atoms with Crippen molar-refractivity contribution in [2.24, 2.45) is 0 Å². The van der Waals surface area contributed by atoms with E-state index in [0.717, 1.165) is 60.3 Å². The van der Waals surface area contributed by atoms with Gasteiger partial charge in [-0.25, -0.2) is 9.97 Å². The molecule has 0 spiro atoms. The molecule has 1 aliphatic heterocycles. The highest BCUT2D eigenvalue weighted by Crippen LogP contribution is 2.34. The standard InChI is InChI=1S/C24H23ClN6/c25-19-6-4-17(5-7-19)20-13-29-24(26)30-23(20)18-2-1-11-31(15-18)14-16-3-8-21-22(12-16)28-10-9-27-21/h3-10,12-13,18H,1-2,11,14-15H2,(H2,26,29,30). The number of nitrogens with two attached hydrogens (primary N) is 1. The molecule has 5 rings (SSSR count). The first-order valence-electron chi connectivity index (χ1n) is 10.5. The zero-order chi connectivity index (χ0) is 21.2. The summed E-state index contributed by atoms with van der Waals surface area (Å²) in [5, 5.41) is 0.713. The highest BCUT2D eigenvalue weighted by Gasteiger charge is 2.25. The van der Waals surface area contributed by atoms with Gasteiger partial charge >= 0.3 is 0 Å². The van der Waals surface area contributed by atoms with Crippen LogP contribution >= 0.6 is 11.6 Å². The fraction of sp³-hybridized carbons (Fsp3) is 0.250. The van der Waals surface area contributed by atoms with E-state index in [0.29, 0.717) is 16.9 Å². The lowest BCUT2D eigenvalue weighted by Crippen LogP contribution is -2.34. The summed E-state index contributed by atoms with van der Waals surface area (Å²) < 4.78 is 0. The molecule has 1 saturated heterocycles. The van der Waals surface area contributed by atoms with Crippen LogP contribution in [0.15, 0.2) is 61.1 Å². The molecule has 1 aliphatic rings. The van der Waals surface area contributed by atoms with Crippen LogP contribution in [0.5, 0.6) is 0 Å². The predicted octanol–water partition coefficient (Wildman–Crippen LogP) is 4.70. The molecular formula is C24H23ClN6. The normalized spacial score (nSPS) is 17.1. The molecule has 4 aromatic rings. The van der Waals surface area contributed by atoms with Crippen LogP contribution in [0.1, 0.15) is 30.0 Å². The number of benzene rings is 2. The molecule has 0 radical (unpaired) electrons. The van der Waals surface area contributed by atoms with Gasteiger partial charge in [0.2, 0.25) is 5.95 Å². The third kappa shape index (κ3) is 4.36. The topological polar surface area (TPSA) is 80.8 Å². The maximum atomic E-state index is 6.08. The van der Waals surface area contributed by atoms with Crippen LogP contribution in [0, 0.1) is 0 Å². The Kier molecular flexibility index (Phi) is 5.49. The average molecular weight is 431 g/mol. The Balaban J connectivity index is 1.40. The summed E-state index contributed by atoms with van der Waals surface area (Å²) in [4.78, 5) is 20.2. The molecule has 2 aromatic heterocycles. The number of hydrogen-bond acceptors (Lipinski definition) is 6. The average Bonchev–Trinajstić information content (AvgIpc) is 2.80. The molecule has 31 heavy (non-hydrogen) atoms. The number of anilines is 1. The van der Waals surface area contributed by atoms with E-state index < -0.39 is 0 Å². The minimum absolute atomic E-state index is 0.296. The van der Waals surface area contributed by atoms with Crippen LogP contribution in [0.3, 0.4) is 0 Å². The molecule has 0 saturated carbocycles. The van der Waals surface area contributed by atoms with Crippen LogP contribution in [-0.4, -0.2) is 37.9 Å². The Bertz CT molecular complexity index is 1210. The van der Waals surface area contributed by atoms with E-state index in [1.54, 1.807) is 12.4 Å². The SMILES string of the molecule is Nc1ncc(-c2ccc(Cl)cc2)c(C2CCCN(Cc3ccc4nccnc4c3)C2)n1. The highest BCUT2D eigenvalue weighted by atomic mass is 35.5. The van der Waals surface area contributed by atoms with Crippen molar-refractivity contribution in [3.8, 4) is 11.1 Å². The largest absolute Gasteiger partial charge is 0.368 e. The zero-order valence-corrected chi connectivity index (χ0v) is 17.8. The Morgan fingerprint density at radius 3 is 2.65 bits per heavy atom. The summed E-state index contributed by atoms with van der Waals surface area (Å²) in [5.41, 5.74) is 12.2. The molecule has 3 heterocycles. The third-order valence-corrected chi connectivity index (χ3v) is 6.08. The second kappa shape index (κ2) is 8.57. The number of nitrogens with zero attached hydrogens (tertiary/aromatic N) is 5. The number of fused-ring (bicyclic) bond motifs is 1. The molecular weight excluding hydrogens is 408 g/mol. The maximum absolute atomic E-state index is 6.08. The van der Waals surface area contributed by atoms with Crippen molar-refractivity contribution in [3.63, 3.8) is 0 Å². The monoisotopic (exact) mass is 430 g/mol. The van der Waals surface area contributed by atoms with Crippen molar-refractivity contribution in [2.75, 3.05) is 18.8 Å². The Hall–Kier alpha value is -3.09. The third-order valence-electron chi connectivity index (χ3n) is 5.82. The van der Waals surface area contributed by atoms with Crippen molar-refractivity contribution in [2.45, 2.75) is 25.3 Å². The smallest absolute Gasteiger partial charge is 0.220 e. The van der Waals surface area contributed by atoms with E-state index in [-0.39, 0.29) is 0 Å². The number of halogens is 1. The summed E-state index contributed by atoms with van der Waals surface area (Å²) >= 11 is 6.08. The van der Waals surface area contributed by atoms with Crippen LogP contribution in [0.4, 0.5) is 5.95 Å². The lowest BCUT2D eigenvalue weighted by Gasteiger charge is -2.33. The van der Waals surface area contributed by atoms with Crippen LogP contribution in [-0.2, 0) is 6.54 Å². The first-order chi connectivity index (χ1) is 15.2. The second-order valence-electron chi connectivity index (χ2n) is 7.99. The van der Waals surface area contributed by atoms with Gasteiger partial charge in [-0.3, -0.25) is 14.9 Å². The number of hydrogen-bond donors (Lipinski definition) is 1. The van der Waals surface area contributed by atoms with Crippen molar-refractivity contribution in [1.29, 1.82) is 0 Å². The van der Waals surface area contributed by atoms with Gasteiger partial charge in [-0.2, -0.15) is 0 Å². The fourth-order valence-electron chi connectivity index (χ4n) is 4.36. The summed E-state index contributed by atoms with van der Waals surface area (Å²) in [6, 6.07) is 14.1. The van der Waals surface area contributed by atoms with Crippen molar-refractivity contribution in [1.82, 2.24) is 24.8 Å². The molecule has 1 fully saturated rings. The maximum Gasteiger partial charge on any atom is 0.220 e. The van der Waals surface area contributed by atoms with Gasteiger partial charge in [0, 0.05) is 48.2 Å². The number of piperidine rings is 1. The second-order valence-corrected chi connectivity index (χ2v) is 8.42. The molecule has 156 valence electrons. The molecule has 2 aromatic carbocycles. The van der Waals surface area contributed by atoms with Gasteiger partial charge in [0.25, 0.3) is 0 Å². The van der Waals surface area contributed by atoms with Crippen LogP contribution < -0.4 is 5.73 Å². The van der Waals surface area contributed by atoms with Crippen molar-refractivity contribution < 1.29 is 0 Å². The summed E-state index contributed by atoms with van der Waals surface area (Å²) in [6.45, 7) is 2.86. The Morgan fingerprint density at radius 1 is 1.00 bits per heavy atom. The molecule has 1 unspecified atom stereocenters. The summed E-state index contributed by atoms with van der Waals surface area (Å²) in [7, 11) is 0. The Labute approximate surface area is 186 Å². The number of aromatic nitrogens is 4. The quantitative estimate of drug-likeness (QED) is 0.505. The van der Waals surface area contributed by atoms with Gasteiger partial charge in [0.05, 0.1) is 16.7 Å². The molecule has 1 atom stereocenters. The predicted molar refractivity (Wildman–Crippen MR) is 124 cm³/mol. The molecule has 0 bridgehead atoms. The van der Waals surface area contributed by atoms with Crippen molar-refractivity contribution in [3.05, 3.63) is 77.3 Å². The molecule has 2 N–H and O–H groups in total. The van der Waals surface area contributed by atoms with Crippen molar-refractivity contribution >= 4 is 28.6 Å². The van der Waals surface area contributed by atoms with Gasteiger partial charge in [-0.05, 0) is 54.8 Å². The minimum atomic E-state index is 0.296. The van der Waals surface area contributed by atoms with Crippen LogP contribution in [0.2, 0.25) is 5.02 Å². The van der Waals surface area contributed by atoms with E-state index >= 15 is 0 Å². The van der Waals surface area contributed by atoms with Gasteiger partial charge in [-0.1, -0.05) is 29.8 Å². The van der Waals surface area contributed by atoms with E-state index in [9.17, 15) is 0 Å². The van der Waals surface area contributed by atoms with Gasteiger partial charge < -0.3 is 5.73 Å². The summed E-state index contributed by atoms with van der Waals surface area (Å²) in [5.74, 6) is 0.614. The van der Waals surface area contributed by atoms with Crippen LogP contribution in [0.25, 0.3) is 22.2 Å². The minimum Gasteiger partial charge on any atom is -0.368 e. The number of rotatable bonds is 4. The number of likely N-dealkylation sites (tertiary alicyclic amines) is 1. The van der Waals surface area contributed by atoms with E-state index in [4.69, 9.17) is 17.3 Å². The molecule has 7 heteroatoms. The highest BCUT2D eigenvalue weighted by molar-refractivity contribution is 6.30. The lowest BCUT2D eigenvalue weighted by molar-refractivity contribution is 0.199. The van der Waals surface area contributed by atoms with E-state index in [1.807, 2.05) is 36.5 Å². The molecule has 0 amide bonds. The first-order valence-corrected chi connectivity index (χ1v) is 10.8. The van der Waals surface area contributed by atoms with Gasteiger partial charge in [-0.15, -0.1) is 0 Å².